The van der Waals surface area contributed by atoms with Crippen molar-refractivity contribution in [1.29, 1.82) is 0 Å². The van der Waals surface area contributed by atoms with Crippen molar-refractivity contribution >= 4 is 16.0 Å². The van der Waals surface area contributed by atoms with Crippen molar-refractivity contribution in [2.75, 3.05) is 13.3 Å². The van der Waals surface area contributed by atoms with Crippen molar-refractivity contribution in [3.8, 4) is 0 Å². The summed E-state index contributed by atoms with van der Waals surface area (Å²) in [5.74, 6) is 0.997. The standard InChI is InChI=1S/C17H26N4O2S/c1-13-7-9-15(10-8-13)24(22,23)20-17-18-11-21(12-19-17)16-6-4-3-5-14(16)2/h7-10,14,16H,3-6,11-12H2,1-2H3,(H2,18,19,20)/t14-,16-/m0/s1. The lowest BCUT2D eigenvalue weighted by Crippen LogP contribution is -2.54. The van der Waals surface area contributed by atoms with Gasteiger partial charge in [-0.15, -0.1) is 0 Å². The molecule has 6 nitrogen and oxygen atoms in total. The van der Waals surface area contributed by atoms with E-state index in [1.54, 1.807) is 24.3 Å². The van der Waals surface area contributed by atoms with E-state index in [0.717, 1.165) is 5.56 Å². The summed E-state index contributed by atoms with van der Waals surface area (Å²) in [4.78, 5) is 6.94. The molecule has 132 valence electrons. The van der Waals surface area contributed by atoms with Crippen LogP contribution in [0, 0.1) is 12.8 Å². The summed E-state index contributed by atoms with van der Waals surface area (Å²) < 4.78 is 27.4. The molecule has 0 aromatic heterocycles. The Morgan fingerprint density at radius 1 is 1.21 bits per heavy atom. The third-order valence-electron chi connectivity index (χ3n) is 4.96. The Morgan fingerprint density at radius 3 is 2.54 bits per heavy atom. The second-order valence-electron chi connectivity index (χ2n) is 6.82. The number of hydrogen-bond donors (Lipinski definition) is 2. The first-order valence-electron chi connectivity index (χ1n) is 8.57. The molecule has 1 saturated carbocycles. The van der Waals surface area contributed by atoms with Crippen molar-refractivity contribution in [3.05, 3.63) is 29.8 Å². The van der Waals surface area contributed by atoms with Crippen LogP contribution in [0.5, 0.6) is 0 Å². The quantitative estimate of drug-likeness (QED) is 0.875. The van der Waals surface area contributed by atoms with Gasteiger partial charge in [0.15, 0.2) is 0 Å². The Kier molecular flexibility index (Phi) is 5.10. The number of guanidine groups is 1. The summed E-state index contributed by atoms with van der Waals surface area (Å²) >= 11 is 0. The Morgan fingerprint density at radius 2 is 1.92 bits per heavy atom. The molecule has 1 aromatic rings. The minimum absolute atomic E-state index is 0.251. The minimum Gasteiger partial charge on any atom is -0.343 e. The second kappa shape index (κ2) is 7.11. The fraction of sp³-hybridized carbons (Fsp3) is 0.588. The zero-order valence-corrected chi connectivity index (χ0v) is 15.1. The molecular weight excluding hydrogens is 324 g/mol. The fourth-order valence-corrected chi connectivity index (χ4v) is 4.48. The monoisotopic (exact) mass is 350 g/mol. The van der Waals surface area contributed by atoms with E-state index in [0.29, 0.717) is 31.3 Å². The van der Waals surface area contributed by atoms with E-state index in [2.05, 4.69) is 26.9 Å². The molecule has 1 aromatic carbocycles. The van der Waals surface area contributed by atoms with Crippen molar-refractivity contribution in [2.24, 2.45) is 10.9 Å². The van der Waals surface area contributed by atoms with Crippen LogP contribution in [0.15, 0.2) is 34.2 Å². The normalized spacial score (nSPS) is 25.7. The van der Waals surface area contributed by atoms with Crippen molar-refractivity contribution in [1.82, 2.24) is 14.9 Å². The van der Waals surface area contributed by atoms with Crippen LogP contribution >= 0.6 is 0 Å². The largest absolute Gasteiger partial charge is 0.343 e. The summed E-state index contributed by atoms with van der Waals surface area (Å²) in [6.45, 7) is 5.39. The van der Waals surface area contributed by atoms with Crippen LogP contribution in [0.3, 0.4) is 0 Å². The molecule has 1 heterocycles. The van der Waals surface area contributed by atoms with E-state index in [1.807, 2.05) is 6.92 Å². The van der Waals surface area contributed by atoms with Gasteiger partial charge in [0.2, 0.25) is 5.96 Å². The topological polar surface area (TPSA) is 73.8 Å². The lowest BCUT2D eigenvalue weighted by atomic mass is 9.85. The fourth-order valence-electron chi connectivity index (χ4n) is 3.48. The molecule has 24 heavy (non-hydrogen) atoms. The Labute approximate surface area is 144 Å². The Hall–Kier alpha value is -1.60. The van der Waals surface area contributed by atoms with Crippen LogP contribution in [0.2, 0.25) is 0 Å². The van der Waals surface area contributed by atoms with Gasteiger partial charge in [0.25, 0.3) is 10.0 Å². The predicted molar refractivity (Wildman–Crippen MR) is 95.1 cm³/mol. The summed E-state index contributed by atoms with van der Waals surface area (Å²) in [6.07, 6.45) is 5.03. The van der Waals surface area contributed by atoms with Gasteiger partial charge in [0, 0.05) is 6.04 Å². The van der Waals surface area contributed by atoms with Gasteiger partial charge in [0.1, 0.15) is 0 Å². The zero-order chi connectivity index (χ0) is 17.2. The van der Waals surface area contributed by atoms with Crippen molar-refractivity contribution < 1.29 is 8.42 Å². The molecule has 2 aliphatic rings. The maximum Gasteiger partial charge on any atom is 0.264 e. The molecule has 2 atom stereocenters. The number of rotatable bonds is 3. The minimum atomic E-state index is -3.59. The third-order valence-corrected chi connectivity index (χ3v) is 6.31. The lowest BCUT2D eigenvalue weighted by Gasteiger charge is -2.39. The van der Waals surface area contributed by atoms with E-state index in [9.17, 15) is 8.42 Å². The van der Waals surface area contributed by atoms with Crippen LogP contribution < -0.4 is 10.0 Å². The van der Waals surface area contributed by atoms with Gasteiger partial charge in [-0.25, -0.2) is 18.1 Å². The van der Waals surface area contributed by atoms with E-state index in [1.165, 1.54) is 25.7 Å². The number of benzene rings is 1. The lowest BCUT2D eigenvalue weighted by molar-refractivity contribution is 0.106. The van der Waals surface area contributed by atoms with E-state index in [4.69, 9.17) is 0 Å². The van der Waals surface area contributed by atoms with E-state index >= 15 is 0 Å². The molecule has 2 N–H and O–H groups in total. The first-order valence-corrected chi connectivity index (χ1v) is 10.1. The average molecular weight is 350 g/mol. The molecule has 3 rings (SSSR count). The van der Waals surface area contributed by atoms with Gasteiger partial charge >= 0.3 is 0 Å². The van der Waals surface area contributed by atoms with Crippen LogP contribution in [0.25, 0.3) is 0 Å². The number of aryl methyl sites for hydroxylation is 1. The molecular formula is C17H26N4O2S. The summed E-state index contributed by atoms with van der Waals surface area (Å²) in [5, 5.41) is 3.11. The number of sulfonamides is 1. The number of nitrogens with zero attached hydrogens (tertiary/aromatic N) is 2. The highest BCUT2D eigenvalue weighted by Gasteiger charge is 2.29. The first-order chi connectivity index (χ1) is 11.5. The van der Waals surface area contributed by atoms with Crippen LogP contribution in [-0.4, -0.2) is 38.7 Å². The van der Waals surface area contributed by atoms with Crippen molar-refractivity contribution in [2.45, 2.75) is 50.5 Å². The highest BCUT2D eigenvalue weighted by atomic mass is 32.2. The third kappa shape index (κ3) is 3.89. The summed E-state index contributed by atoms with van der Waals surface area (Å²) in [7, 11) is -3.59. The first kappa shape index (κ1) is 17.2. The molecule has 0 saturated heterocycles. The predicted octanol–water partition coefficient (Wildman–Crippen LogP) is 2.03. The van der Waals surface area contributed by atoms with E-state index < -0.39 is 10.0 Å². The molecule has 1 aliphatic carbocycles. The Bertz CT molecular complexity index is 700. The maximum atomic E-state index is 12.4. The van der Waals surface area contributed by atoms with Gasteiger partial charge in [0.05, 0.1) is 18.2 Å². The molecule has 1 aliphatic heterocycles. The average Bonchev–Trinajstić information content (AvgIpc) is 2.56. The van der Waals surface area contributed by atoms with Crippen LogP contribution in [-0.2, 0) is 10.0 Å². The Balaban J connectivity index is 1.63. The van der Waals surface area contributed by atoms with E-state index in [-0.39, 0.29) is 4.90 Å². The van der Waals surface area contributed by atoms with Gasteiger partial charge in [-0.2, -0.15) is 0 Å². The molecule has 0 bridgehead atoms. The van der Waals surface area contributed by atoms with Gasteiger partial charge in [-0.05, 0) is 37.8 Å². The molecule has 0 amide bonds. The van der Waals surface area contributed by atoms with Gasteiger partial charge < -0.3 is 5.32 Å². The second-order valence-corrected chi connectivity index (χ2v) is 8.50. The SMILES string of the molecule is Cc1ccc(S(=O)(=O)NC2=NCN([C@H]3CCCC[C@@H]3C)CN2)cc1. The molecule has 0 spiro atoms. The zero-order valence-electron chi connectivity index (χ0n) is 14.3. The maximum absolute atomic E-state index is 12.4. The van der Waals surface area contributed by atoms with Gasteiger partial charge in [-0.1, -0.05) is 37.5 Å². The number of aliphatic imine (C=N–C) groups is 1. The highest BCUT2D eigenvalue weighted by Crippen LogP contribution is 2.28. The molecule has 7 heteroatoms. The smallest absolute Gasteiger partial charge is 0.264 e. The van der Waals surface area contributed by atoms with Crippen LogP contribution in [0.4, 0.5) is 0 Å². The molecule has 0 radical (unpaired) electrons. The summed E-state index contributed by atoms with van der Waals surface area (Å²) in [6, 6.07) is 7.33. The highest BCUT2D eigenvalue weighted by molar-refractivity contribution is 7.90. The number of hydrogen-bond acceptors (Lipinski definition) is 5. The molecule has 0 unspecified atom stereocenters. The number of nitrogens with one attached hydrogen (secondary N) is 2. The van der Waals surface area contributed by atoms with Gasteiger partial charge in [-0.3, -0.25) is 4.90 Å². The van der Waals surface area contributed by atoms with Crippen LogP contribution in [0.1, 0.15) is 38.2 Å². The van der Waals surface area contributed by atoms with Crippen molar-refractivity contribution in [3.63, 3.8) is 0 Å². The summed E-state index contributed by atoms with van der Waals surface area (Å²) in [5.41, 5.74) is 1.03. The molecule has 1 fully saturated rings.